The molecule has 0 amide bonds. The Morgan fingerprint density at radius 1 is 0.297 bits per heavy atom. The lowest BCUT2D eigenvalue weighted by Gasteiger charge is -2.28. The molecule has 0 aromatic heterocycles. The molecule has 508 valence electrons. The summed E-state index contributed by atoms with van der Waals surface area (Å²) in [5.74, 6) is -8.60. The van der Waals surface area contributed by atoms with Gasteiger partial charge in [0.2, 0.25) is 0 Å². The minimum atomic E-state index is -0.978. The van der Waals surface area contributed by atoms with Crippen molar-refractivity contribution in [3.63, 3.8) is 0 Å². The first kappa shape index (κ1) is 77.6. The van der Waals surface area contributed by atoms with Gasteiger partial charge in [-0.3, -0.25) is 9.59 Å². The van der Waals surface area contributed by atoms with E-state index in [1.807, 2.05) is 0 Å². The lowest BCUT2D eigenvalue weighted by atomic mass is 9.81. The third-order valence-electron chi connectivity index (χ3n) is 16.8. The normalized spacial score (nSPS) is 21.2. The number of methoxy groups -OCH3 is 1. The second-order valence-corrected chi connectivity index (χ2v) is 23.6. The summed E-state index contributed by atoms with van der Waals surface area (Å²) in [5, 5.41) is 0. The van der Waals surface area contributed by atoms with E-state index in [-0.39, 0.29) is 118 Å². The van der Waals surface area contributed by atoms with Gasteiger partial charge < -0.3 is 56.8 Å². The molecule has 0 heterocycles. The van der Waals surface area contributed by atoms with Crippen LogP contribution in [0.4, 0.5) is 0 Å². The van der Waals surface area contributed by atoms with Crippen LogP contribution in [0.1, 0.15) is 156 Å². The van der Waals surface area contributed by atoms with E-state index in [9.17, 15) is 57.5 Å². The summed E-state index contributed by atoms with van der Waals surface area (Å²) in [4.78, 5) is 144. The highest BCUT2D eigenvalue weighted by molar-refractivity contribution is 6.15. The molecule has 24 nitrogen and oxygen atoms in total. The number of rotatable bonds is 35. The highest BCUT2D eigenvalue weighted by Crippen LogP contribution is 2.33. The van der Waals surface area contributed by atoms with Crippen LogP contribution in [-0.2, 0) is 114 Å². The first-order valence-electron chi connectivity index (χ1n) is 31.8. The van der Waals surface area contributed by atoms with Gasteiger partial charge in [0.1, 0.15) is 27.9 Å². The van der Waals surface area contributed by atoms with E-state index in [1.54, 1.807) is 13.8 Å². The molecular weight excluding hydrogens is 1190 g/mol. The molecule has 4 saturated carbocycles. The monoisotopic (exact) mass is 1280 g/mol. The van der Waals surface area contributed by atoms with Crippen LogP contribution in [0.5, 0.6) is 0 Å². The maximum Gasteiger partial charge on any atom is 0.344 e. The number of ether oxygens (including phenoxy) is 12. The summed E-state index contributed by atoms with van der Waals surface area (Å²) in [7, 11) is 1.12. The van der Waals surface area contributed by atoms with Gasteiger partial charge >= 0.3 is 71.6 Å². The highest BCUT2D eigenvalue weighted by Gasteiger charge is 2.32. The van der Waals surface area contributed by atoms with Crippen LogP contribution in [0.2, 0.25) is 0 Å². The Kier molecular flexibility index (Phi) is 36.2. The van der Waals surface area contributed by atoms with E-state index in [4.69, 9.17) is 52.1 Å². The molecule has 0 N–H and O–H groups in total. The van der Waals surface area contributed by atoms with Gasteiger partial charge in [0.25, 0.3) is 0 Å². The third kappa shape index (κ3) is 29.0. The van der Waals surface area contributed by atoms with Gasteiger partial charge in [-0.25, -0.2) is 47.9 Å². The van der Waals surface area contributed by atoms with Crippen LogP contribution < -0.4 is 0 Å². The highest BCUT2D eigenvalue weighted by atomic mass is 16.6. The SMILES string of the molecule is C=C(C(=O)OC)C(=O)OCCCCCOC(=O)C(=C)C(=O)OCC1CCC(COC(=O)C(=C)C(=O)OCC2CCC(COC(=O)C(C)C(=O)OCC)CC2)CC1.C=C(C(=O)OCC)C(=O)OCC1CCC(COC(=O)C(=C)C(=O)OCC2CCC(CC)CC2)CC1. The third-order valence-corrected chi connectivity index (χ3v) is 16.8. The van der Waals surface area contributed by atoms with E-state index in [1.165, 1.54) is 13.3 Å². The van der Waals surface area contributed by atoms with Crippen molar-refractivity contribution in [3.05, 3.63) is 60.8 Å². The summed E-state index contributed by atoms with van der Waals surface area (Å²) in [6.45, 7) is 25.9. The molecule has 4 aliphatic rings. The summed E-state index contributed by atoms with van der Waals surface area (Å²) in [6.07, 6.45) is 16.0. The predicted octanol–water partition coefficient (Wildman–Crippen LogP) is 8.38. The number of esters is 12. The molecule has 0 aliphatic heterocycles. The molecule has 0 bridgehead atoms. The lowest BCUT2D eigenvalue weighted by molar-refractivity contribution is -0.162. The van der Waals surface area contributed by atoms with Gasteiger partial charge in [0.15, 0.2) is 5.92 Å². The zero-order valence-corrected chi connectivity index (χ0v) is 53.9. The van der Waals surface area contributed by atoms with E-state index < -0.39 is 88.7 Å². The molecule has 1 unspecified atom stereocenters. The van der Waals surface area contributed by atoms with Crippen molar-refractivity contribution < 1.29 is 114 Å². The van der Waals surface area contributed by atoms with Gasteiger partial charge in [-0.15, -0.1) is 0 Å². The maximum absolute atomic E-state index is 12.5. The zero-order chi connectivity index (χ0) is 67.4. The Morgan fingerprint density at radius 2 is 0.516 bits per heavy atom. The standard InChI is InChI=1S/C40H56O16.C27H40O8/c1-7-50-34(42)26(3)37(45)53-21-29-11-15-31(16-12-29)23-55-39(47)28(5)40(48)56-24-32-17-13-30(14-18-32)22-54-38(46)27(4)36(44)52-20-10-8-9-19-51-35(43)25(2)33(41)49-6;1-5-20-7-9-21(10-8-20)15-34-26(30)19(4)27(31)35-17-23-13-11-22(12-14-23)16-33-25(29)18(3)24(28)32-6-2/h26,29-32H,2,4-5,7-24H2,1,3,6H3;20-23H,3-17H2,1-2H3. The van der Waals surface area contributed by atoms with E-state index >= 15 is 0 Å². The fourth-order valence-electron chi connectivity index (χ4n) is 10.5. The molecule has 0 spiro atoms. The minimum absolute atomic E-state index is 0.0169. The van der Waals surface area contributed by atoms with E-state index in [0.29, 0.717) is 57.5 Å². The molecule has 1 atom stereocenters. The largest absolute Gasteiger partial charge is 0.465 e. The number of carbonyl (C=O) groups excluding carboxylic acids is 12. The van der Waals surface area contributed by atoms with Gasteiger partial charge in [-0.05, 0) is 177 Å². The quantitative estimate of drug-likeness (QED) is 0.0144. The fourth-order valence-corrected chi connectivity index (χ4v) is 10.5. The summed E-state index contributed by atoms with van der Waals surface area (Å²) in [5.41, 5.74) is -1.79. The van der Waals surface area contributed by atoms with Crippen molar-refractivity contribution in [1.29, 1.82) is 0 Å². The van der Waals surface area contributed by atoms with Crippen LogP contribution in [0, 0.1) is 53.3 Å². The average Bonchev–Trinajstić information content (AvgIpc) is 3.76. The molecular formula is C67H96O24. The topological polar surface area (TPSA) is 316 Å². The van der Waals surface area contributed by atoms with E-state index in [0.717, 1.165) is 90.1 Å². The van der Waals surface area contributed by atoms with Crippen LogP contribution in [0.15, 0.2) is 60.8 Å². The van der Waals surface area contributed by atoms with Crippen LogP contribution in [0.25, 0.3) is 0 Å². The summed E-state index contributed by atoms with van der Waals surface area (Å²) >= 11 is 0. The molecule has 0 saturated heterocycles. The van der Waals surface area contributed by atoms with Crippen molar-refractivity contribution in [1.82, 2.24) is 0 Å². The molecule has 4 aliphatic carbocycles. The Balaban J connectivity index is 0.000000528. The average molecular weight is 1290 g/mol. The van der Waals surface area contributed by atoms with Crippen molar-refractivity contribution >= 4 is 71.6 Å². The number of hydrogen-bond acceptors (Lipinski definition) is 24. The second kappa shape index (κ2) is 42.4. The second-order valence-electron chi connectivity index (χ2n) is 23.6. The molecule has 91 heavy (non-hydrogen) atoms. The Morgan fingerprint density at radius 3 is 0.769 bits per heavy atom. The van der Waals surface area contributed by atoms with Crippen molar-refractivity contribution in [2.45, 2.75) is 156 Å². The summed E-state index contributed by atoms with van der Waals surface area (Å²) in [6, 6.07) is 0. The summed E-state index contributed by atoms with van der Waals surface area (Å²) < 4.78 is 61.1. The first-order chi connectivity index (χ1) is 43.4. The number of carbonyl (C=O) groups is 12. The van der Waals surface area contributed by atoms with Gasteiger partial charge in [-0.2, -0.15) is 0 Å². The molecule has 4 rings (SSSR count). The zero-order valence-electron chi connectivity index (χ0n) is 53.9. The van der Waals surface area contributed by atoms with Gasteiger partial charge in [0.05, 0.1) is 79.8 Å². The van der Waals surface area contributed by atoms with Crippen LogP contribution >= 0.6 is 0 Å². The Hall–Kier alpha value is -7.66. The van der Waals surface area contributed by atoms with Gasteiger partial charge in [-0.1, -0.05) is 59.1 Å². The van der Waals surface area contributed by atoms with Crippen LogP contribution in [0.3, 0.4) is 0 Å². The molecule has 0 aromatic carbocycles. The molecule has 24 heteroatoms. The first-order valence-corrected chi connectivity index (χ1v) is 31.8. The van der Waals surface area contributed by atoms with E-state index in [2.05, 4.69) is 44.6 Å². The molecule has 0 radical (unpaired) electrons. The number of unbranched alkanes of at least 4 members (excludes halogenated alkanes) is 2. The predicted molar refractivity (Wildman–Crippen MR) is 325 cm³/mol. The van der Waals surface area contributed by atoms with Crippen molar-refractivity contribution in [2.75, 3.05) is 79.8 Å². The maximum atomic E-state index is 12.5. The van der Waals surface area contributed by atoms with Crippen molar-refractivity contribution in [2.24, 2.45) is 53.3 Å². The van der Waals surface area contributed by atoms with Crippen molar-refractivity contribution in [3.8, 4) is 0 Å². The number of hydrogen-bond donors (Lipinski definition) is 0. The fraction of sp³-hybridized carbons (Fsp3) is 0.672. The minimum Gasteiger partial charge on any atom is -0.465 e. The van der Waals surface area contributed by atoms with Gasteiger partial charge in [0, 0.05) is 0 Å². The Bertz CT molecular complexity index is 2530. The van der Waals surface area contributed by atoms with Crippen LogP contribution in [-0.4, -0.2) is 151 Å². The molecule has 4 fully saturated rings. The Labute approximate surface area is 534 Å². The smallest absolute Gasteiger partial charge is 0.344 e. The molecule has 0 aromatic rings. The lowest BCUT2D eigenvalue weighted by Crippen LogP contribution is -2.29.